The fourth-order valence-corrected chi connectivity index (χ4v) is 4.08. The van der Waals surface area contributed by atoms with Gasteiger partial charge in [-0.3, -0.25) is 9.59 Å². The molecule has 98 valence electrons. The smallest absolute Gasteiger partial charge is 0.308 e. The van der Waals surface area contributed by atoms with Crippen LogP contribution in [0.15, 0.2) is 10.5 Å². The van der Waals surface area contributed by atoms with Crippen LogP contribution in [0.2, 0.25) is 0 Å². The Hall–Kier alpha value is -0.880. The molecule has 2 heterocycles. The van der Waals surface area contributed by atoms with Crippen molar-refractivity contribution < 1.29 is 14.7 Å². The molecule has 0 bridgehead atoms. The largest absolute Gasteiger partial charge is 0.481 e. The van der Waals surface area contributed by atoms with Crippen LogP contribution in [0.4, 0.5) is 0 Å². The first-order chi connectivity index (χ1) is 8.41. The number of aryl methyl sites for hydroxylation is 1. The number of carboxylic acid groups (broad SMARTS) is 1. The average molecular weight is 332 g/mol. The normalized spacial score (nSPS) is 24.4. The van der Waals surface area contributed by atoms with Crippen molar-refractivity contribution in [3.63, 3.8) is 0 Å². The van der Waals surface area contributed by atoms with E-state index in [1.165, 1.54) is 0 Å². The number of hydrogen-bond acceptors (Lipinski definition) is 3. The Kier molecular flexibility index (Phi) is 3.77. The van der Waals surface area contributed by atoms with E-state index in [0.29, 0.717) is 12.8 Å². The second kappa shape index (κ2) is 5.01. The van der Waals surface area contributed by atoms with E-state index in [4.69, 9.17) is 0 Å². The van der Waals surface area contributed by atoms with Gasteiger partial charge in [-0.2, -0.15) is 0 Å². The third kappa shape index (κ3) is 2.31. The molecule has 0 radical (unpaired) electrons. The molecule has 0 spiro atoms. The van der Waals surface area contributed by atoms with Gasteiger partial charge >= 0.3 is 5.97 Å². The van der Waals surface area contributed by atoms with Crippen molar-refractivity contribution in [3.05, 3.63) is 20.3 Å². The van der Waals surface area contributed by atoms with Crippen LogP contribution in [-0.4, -0.2) is 28.9 Å². The van der Waals surface area contributed by atoms with Crippen LogP contribution in [0.5, 0.6) is 0 Å². The first kappa shape index (κ1) is 13.5. The van der Waals surface area contributed by atoms with Gasteiger partial charge in [-0.25, -0.2) is 0 Å². The van der Waals surface area contributed by atoms with E-state index >= 15 is 0 Å². The minimum atomic E-state index is -0.832. The molecule has 0 saturated carbocycles. The summed E-state index contributed by atoms with van der Waals surface area (Å²) in [6.45, 7) is 1.97. The zero-order chi connectivity index (χ0) is 13.4. The van der Waals surface area contributed by atoms with Crippen LogP contribution in [0.25, 0.3) is 0 Å². The van der Waals surface area contributed by atoms with E-state index in [9.17, 15) is 14.7 Å². The van der Waals surface area contributed by atoms with Crippen molar-refractivity contribution in [2.75, 3.05) is 7.05 Å². The molecular formula is C12H14BrNO3S. The van der Waals surface area contributed by atoms with E-state index in [1.807, 2.05) is 13.0 Å². The average Bonchev–Trinajstić information content (AvgIpc) is 2.62. The summed E-state index contributed by atoms with van der Waals surface area (Å²) in [5.41, 5.74) is 0. The molecule has 2 rings (SSSR count). The van der Waals surface area contributed by atoms with E-state index < -0.39 is 11.9 Å². The first-order valence-corrected chi connectivity index (χ1v) is 7.27. The number of piperidine rings is 1. The fourth-order valence-electron chi connectivity index (χ4n) is 2.31. The molecular weight excluding hydrogens is 318 g/mol. The summed E-state index contributed by atoms with van der Waals surface area (Å²) in [6, 6.07) is 1.58. The van der Waals surface area contributed by atoms with Crippen LogP contribution < -0.4 is 0 Å². The quantitative estimate of drug-likeness (QED) is 0.906. The number of hydrogen-bond donors (Lipinski definition) is 1. The van der Waals surface area contributed by atoms with Crippen LogP contribution in [0, 0.1) is 12.8 Å². The SMILES string of the molecule is Cc1sc(C2C(C(=O)O)CCC(=O)N2C)cc1Br. The fraction of sp³-hybridized carbons (Fsp3) is 0.500. The molecule has 4 nitrogen and oxygen atoms in total. The van der Waals surface area contributed by atoms with Crippen molar-refractivity contribution in [2.24, 2.45) is 5.92 Å². The van der Waals surface area contributed by atoms with Gasteiger partial charge in [0.05, 0.1) is 12.0 Å². The number of halogens is 1. The standard InChI is InChI=1S/C12H14BrNO3S/c1-6-8(13)5-9(18-6)11-7(12(16)17)3-4-10(15)14(11)2/h5,7,11H,3-4H2,1-2H3,(H,16,17). The van der Waals surface area contributed by atoms with Crippen LogP contribution >= 0.6 is 27.3 Å². The minimum absolute atomic E-state index is 0.0136. The number of carbonyl (C=O) groups is 2. The van der Waals surface area contributed by atoms with Crippen molar-refractivity contribution >= 4 is 39.1 Å². The maximum atomic E-state index is 11.8. The number of rotatable bonds is 2. The van der Waals surface area contributed by atoms with Gasteiger partial charge in [0.2, 0.25) is 5.91 Å². The lowest BCUT2D eigenvalue weighted by Crippen LogP contribution is -2.42. The van der Waals surface area contributed by atoms with E-state index in [-0.39, 0.29) is 11.9 Å². The zero-order valence-electron chi connectivity index (χ0n) is 10.1. The maximum Gasteiger partial charge on any atom is 0.308 e. The highest BCUT2D eigenvalue weighted by Gasteiger charge is 2.39. The third-order valence-electron chi connectivity index (χ3n) is 3.35. The molecule has 1 saturated heterocycles. The van der Waals surface area contributed by atoms with E-state index in [2.05, 4.69) is 15.9 Å². The molecule has 1 aromatic rings. The Morgan fingerprint density at radius 3 is 2.78 bits per heavy atom. The van der Waals surface area contributed by atoms with Gasteiger partial charge in [0.1, 0.15) is 0 Å². The number of thiophene rings is 1. The molecule has 1 aromatic heterocycles. The summed E-state index contributed by atoms with van der Waals surface area (Å²) in [6.07, 6.45) is 0.729. The predicted molar refractivity (Wildman–Crippen MR) is 72.6 cm³/mol. The van der Waals surface area contributed by atoms with Crippen molar-refractivity contribution in [1.82, 2.24) is 4.90 Å². The van der Waals surface area contributed by atoms with Gasteiger partial charge < -0.3 is 10.0 Å². The van der Waals surface area contributed by atoms with E-state index in [0.717, 1.165) is 14.2 Å². The summed E-state index contributed by atoms with van der Waals surface area (Å²) in [5.74, 6) is -1.33. The summed E-state index contributed by atoms with van der Waals surface area (Å²) >= 11 is 4.98. The number of likely N-dealkylation sites (tertiary alicyclic amines) is 1. The molecule has 1 N–H and O–H groups in total. The number of aliphatic carboxylic acids is 1. The van der Waals surface area contributed by atoms with Gasteiger partial charge in [-0.05, 0) is 35.3 Å². The zero-order valence-corrected chi connectivity index (χ0v) is 12.5. The van der Waals surface area contributed by atoms with E-state index in [1.54, 1.807) is 23.3 Å². The van der Waals surface area contributed by atoms with Crippen molar-refractivity contribution in [2.45, 2.75) is 25.8 Å². The van der Waals surface area contributed by atoms with Crippen molar-refractivity contribution in [1.29, 1.82) is 0 Å². The number of nitrogens with zero attached hydrogens (tertiary/aromatic N) is 1. The molecule has 0 aliphatic carbocycles. The molecule has 1 aliphatic heterocycles. The highest BCUT2D eigenvalue weighted by atomic mass is 79.9. The Morgan fingerprint density at radius 1 is 1.61 bits per heavy atom. The van der Waals surface area contributed by atoms with Gasteiger partial charge in [-0.1, -0.05) is 0 Å². The molecule has 0 aromatic carbocycles. The second-order valence-electron chi connectivity index (χ2n) is 4.49. The lowest BCUT2D eigenvalue weighted by Gasteiger charge is -2.36. The van der Waals surface area contributed by atoms with Crippen LogP contribution in [0.1, 0.15) is 28.6 Å². The molecule has 6 heteroatoms. The number of amides is 1. The molecule has 18 heavy (non-hydrogen) atoms. The Bertz CT molecular complexity index is 480. The number of carbonyl (C=O) groups excluding carboxylic acids is 1. The van der Waals surface area contributed by atoms with Gasteiger partial charge in [0.15, 0.2) is 0 Å². The molecule has 1 amide bonds. The lowest BCUT2D eigenvalue weighted by molar-refractivity contribution is -0.150. The highest BCUT2D eigenvalue weighted by molar-refractivity contribution is 9.10. The summed E-state index contributed by atoms with van der Waals surface area (Å²) in [7, 11) is 1.69. The summed E-state index contributed by atoms with van der Waals surface area (Å²) in [4.78, 5) is 26.7. The predicted octanol–water partition coefficient (Wildman–Crippen LogP) is 2.81. The van der Waals surface area contributed by atoms with Crippen LogP contribution in [0.3, 0.4) is 0 Å². The monoisotopic (exact) mass is 331 g/mol. The van der Waals surface area contributed by atoms with Crippen LogP contribution in [-0.2, 0) is 9.59 Å². The topological polar surface area (TPSA) is 57.6 Å². The third-order valence-corrected chi connectivity index (χ3v) is 5.55. The summed E-state index contributed by atoms with van der Waals surface area (Å²) < 4.78 is 0.970. The Morgan fingerprint density at radius 2 is 2.28 bits per heavy atom. The summed E-state index contributed by atoms with van der Waals surface area (Å²) in [5, 5.41) is 9.31. The Balaban J connectivity index is 2.40. The molecule has 2 atom stereocenters. The number of carboxylic acids is 1. The lowest BCUT2D eigenvalue weighted by atomic mass is 9.88. The highest BCUT2D eigenvalue weighted by Crippen LogP contribution is 2.41. The van der Waals surface area contributed by atoms with Gasteiger partial charge in [0, 0.05) is 27.7 Å². The molecule has 1 aliphatic rings. The van der Waals surface area contributed by atoms with Gasteiger partial charge in [-0.15, -0.1) is 11.3 Å². The Labute approximate surface area is 118 Å². The second-order valence-corrected chi connectivity index (χ2v) is 6.63. The molecule has 2 unspecified atom stereocenters. The van der Waals surface area contributed by atoms with Crippen molar-refractivity contribution in [3.8, 4) is 0 Å². The minimum Gasteiger partial charge on any atom is -0.481 e. The molecule has 1 fully saturated rings. The van der Waals surface area contributed by atoms with Gasteiger partial charge in [0.25, 0.3) is 0 Å². The first-order valence-electron chi connectivity index (χ1n) is 5.66. The maximum absolute atomic E-state index is 11.8.